The molecule has 4 heteroatoms. The maximum atomic E-state index is 11.6. The van der Waals surface area contributed by atoms with Crippen LogP contribution in [-0.4, -0.2) is 30.6 Å². The van der Waals surface area contributed by atoms with E-state index in [2.05, 4.69) is 6.92 Å². The van der Waals surface area contributed by atoms with Crippen LogP contribution in [0.5, 0.6) is 0 Å². The van der Waals surface area contributed by atoms with E-state index in [0.717, 1.165) is 25.7 Å². The average Bonchev–Trinajstić information content (AvgIpc) is 2.55. The van der Waals surface area contributed by atoms with E-state index in [1.807, 2.05) is 0 Å². The molecular formula is C12H24O3S. The van der Waals surface area contributed by atoms with Crippen molar-refractivity contribution in [2.24, 2.45) is 0 Å². The van der Waals surface area contributed by atoms with Gasteiger partial charge in [-0.15, -0.1) is 0 Å². The van der Waals surface area contributed by atoms with E-state index in [4.69, 9.17) is 0 Å². The highest BCUT2D eigenvalue weighted by Gasteiger charge is 2.45. The number of hydrogen-bond acceptors (Lipinski definition) is 3. The zero-order valence-corrected chi connectivity index (χ0v) is 11.2. The molecule has 0 saturated heterocycles. The lowest BCUT2D eigenvalue weighted by atomic mass is 9.94. The van der Waals surface area contributed by atoms with E-state index in [1.54, 1.807) is 0 Å². The highest BCUT2D eigenvalue weighted by Crippen LogP contribution is 2.38. The minimum absolute atomic E-state index is 0.526. The maximum absolute atomic E-state index is 11.6. The number of hydrogen-bond donors (Lipinski definition) is 1. The molecule has 2 unspecified atom stereocenters. The normalized spacial score (nSPS) is 30.8. The Morgan fingerprint density at radius 2 is 2.00 bits per heavy atom. The Hall–Kier alpha value is -0.0900. The summed E-state index contributed by atoms with van der Waals surface area (Å²) in [6, 6.07) is 0. The second kappa shape index (κ2) is 5.50. The smallest absolute Gasteiger partial charge is 0.153 e. The van der Waals surface area contributed by atoms with E-state index in [-0.39, 0.29) is 0 Å². The Balaban J connectivity index is 2.54. The van der Waals surface area contributed by atoms with Crippen molar-refractivity contribution in [2.75, 3.05) is 6.26 Å². The molecule has 0 aromatic rings. The molecule has 0 aromatic carbocycles. The van der Waals surface area contributed by atoms with Crippen molar-refractivity contribution in [1.29, 1.82) is 0 Å². The van der Waals surface area contributed by atoms with Gasteiger partial charge >= 0.3 is 0 Å². The summed E-state index contributed by atoms with van der Waals surface area (Å²) in [5.74, 6) is 0. The molecule has 1 saturated carbocycles. The van der Waals surface area contributed by atoms with Crippen LogP contribution in [0.25, 0.3) is 0 Å². The van der Waals surface area contributed by atoms with Crippen LogP contribution in [0.2, 0.25) is 0 Å². The maximum Gasteiger partial charge on any atom is 0.153 e. The first-order valence-electron chi connectivity index (χ1n) is 6.31. The summed E-state index contributed by atoms with van der Waals surface area (Å²) in [6.07, 6.45) is 8.37. The third-order valence-corrected chi connectivity index (χ3v) is 5.36. The molecule has 0 aliphatic heterocycles. The van der Waals surface area contributed by atoms with Crippen LogP contribution in [-0.2, 0) is 9.84 Å². The quantitative estimate of drug-likeness (QED) is 0.734. The Bertz CT molecular complexity index is 310. The Labute approximate surface area is 99.2 Å². The van der Waals surface area contributed by atoms with E-state index >= 15 is 0 Å². The highest BCUT2D eigenvalue weighted by molar-refractivity contribution is 7.91. The van der Waals surface area contributed by atoms with Gasteiger partial charge in [0.05, 0.1) is 10.9 Å². The monoisotopic (exact) mass is 248 g/mol. The van der Waals surface area contributed by atoms with Gasteiger partial charge in [0.15, 0.2) is 9.84 Å². The first-order valence-corrected chi connectivity index (χ1v) is 8.27. The van der Waals surface area contributed by atoms with Gasteiger partial charge in [-0.25, -0.2) is 8.42 Å². The lowest BCUT2D eigenvalue weighted by Gasteiger charge is -2.28. The second-order valence-corrected chi connectivity index (χ2v) is 7.35. The van der Waals surface area contributed by atoms with Gasteiger partial charge in [-0.3, -0.25) is 0 Å². The summed E-state index contributed by atoms with van der Waals surface area (Å²) < 4.78 is 23.2. The van der Waals surface area contributed by atoms with Gasteiger partial charge in [0.1, 0.15) is 0 Å². The van der Waals surface area contributed by atoms with E-state index < -0.39 is 20.7 Å². The predicted octanol–water partition coefficient (Wildman–Crippen LogP) is 2.29. The fraction of sp³-hybridized carbons (Fsp3) is 1.00. The largest absolute Gasteiger partial charge is 0.389 e. The number of aliphatic hydroxyl groups is 1. The molecule has 0 aromatic heterocycles. The Kier molecular flexibility index (Phi) is 4.80. The molecular weight excluding hydrogens is 224 g/mol. The lowest BCUT2D eigenvalue weighted by Crippen LogP contribution is -2.42. The Morgan fingerprint density at radius 3 is 2.56 bits per heavy atom. The van der Waals surface area contributed by atoms with Crippen LogP contribution in [0.15, 0.2) is 0 Å². The van der Waals surface area contributed by atoms with Gasteiger partial charge in [-0.1, -0.05) is 32.6 Å². The molecule has 1 aliphatic carbocycles. The molecule has 1 aliphatic rings. The third-order valence-electron chi connectivity index (χ3n) is 3.66. The van der Waals surface area contributed by atoms with Crippen molar-refractivity contribution in [3.05, 3.63) is 0 Å². The van der Waals surface area contributed by atoms with Crippen LogP contribution in [0.1, 0.15) is 58.3 Å². The minimum Gasteiger partial charge on any atom is -0.389 e. The van der Waals surface area contributed by atoms with Crippen molar-refractivity contribution in [3.8, 4) is 0 Å². The summed E-state index contributed by atoms with van der Waals surface area (Å²) in [4.78, 5) is 0. The summed E-state index contributed by atoms with van der Waals surface area (Å²) in [5, 5.41) is 9.88. The molecule has 1 rings (SSSR count). The first kappa shape index (κ1) is 14.0. The predicted molar refractivity (Wildman–Crippen MR) is 66.2 cm³/mol. The van der Waals surface area contributed by atoms with Gasteiger partial charge in [0, 0.05) is 6.26 Å². The molecule has 3 nitrogen and oxygen atoms in total. The van der Waals surface area contributed by atoms with Crippen molar-refractivity contribution >= 4 is 9.84 Å². The SMILES string of the molecule is CCCCCCC1(O)CCCC1S(C)(=O)=O. The molecule has 0 spiro atoms. The van der Waals surface area contributed by atoms with Crippen LogP contribution in [0.3, 0.4) is 0 Å². The fourth-order valence-corrected chi connectivity index (χ4v) is 4.41. The van der Waals surface area contributed by atoms with Crippen LogP contribution >= 0.6 is 0 Å². The van der Waals surface area contributed by atoms with Gasteiger partial charge in [-0.2, -0.15) is 0 Å². The van der Waals surface area contributed by atoms with Crippen LogP contribution in [0.4, 0.5) is 0 Å². The fourth-order valence-electron chi connectivity index (χ4n) is 2.78. The zero-order valence-electron chi connectivity index (χ0n) is 10.4. The number of sulfone groups is 1. The molecule has 0 amide bonds. The van der Waals surface area contributed by atoms with E-state index in [0.29, 0.717) is 19.3 Å². The molecule has 96 valence electrons. The van der Waals surface area contributed by atoms with Crippen molar-refractivity contribution in [1.82, 2.24) is 0 Å². The van der Waals surface area contributed by atoms with Gasteiger partial charge in [-0.05, 0) is 25.7 Å². The van der Waals surface area contributed by atoms with Crippen molar-refractivity contribution < 1.29 is 13.5 Å². The molecule has 2 atom stereocenters. The number of unbranched alkanes of at least 4 members (excludes halogenated alkanes) is 3. The van der Waals surface area contributed by atoms with Crippen LogP contribution < -0.4 is 0 Å². The third kappa shape index (κ3) is 3.45. The molecule has 1 N–H and O–H groups in total. The molecule has 0 bridgehead atoms. The molecule has 1 fully saturated rings. The summed E-state index contributed by atoms with van der Waals surface area (Å²) in [6.45, 7) is 2.14. The average molecular weight is 248 g/mol. The van der Waals surface area contributed by atoms with Crippen molar-refractivity contribution in [3.63, 3.8) is 0 Å². The standard InChI is InChI=1S/C12H24O3S/c1-3-4-5-6-9-12(13)10-7-8-11(12)16(2,14)15/h11,13H,3-10H2,1-2H3. The first-order chi connectivity index (χ1) is 7.40. The molecule has 0 radical (unpaired) electrons. The summed E-state index contributed by atoms with van der Waals surface area (Å²) in [7, 11) is -3.10. The minimum atomic E-state index is -3.10. The second-order valence-electron chi connectivity index (χ2n) is 5.12. The van der Waals surface area contributed by atoms with Gasteiger partial charge < -0.3 is 5.11 Å². The van der Waals surface area contributed by atoms with E-state index in [9.17, 15) is 13.5 Å². The number of rotatable bonds is 6. The lowest BCUT2D eigenvalue weighted by molar-refractivity contribution is 0.0392. The zero-order chi connectivity index (χ0) is 12.2. The van der Waals surface area contributed by atoms with Crippen LogP contribution in [0, 0.1) is 0 Å². The molecule has 16 heavy (non-hydrogen) atoms. The van der Waals surface area contributed by atoms with Gasteiger partial charge in [0.2, 0.25) is 0 Å². The molecule has 0 heterocycles. The van der Waals surface area contributed by atoms with Gasteiger partial charge in [0.25, 0.3) is 0 Å². The topological polar surface area (TPSA) is 54.4 Å². The highest BCUT2D eigenvalue weighted by atomic mass is 32.2. The summed E-state index contributed by atoms with van der Waals surface area (Å²) in [5.41, 5.74) is -0.943. The summed E-state index contributed by atoms with van der Waals surface area (Å²) >= 11 is 0. The van der Waals surface area contributed by atoms with Crippen molar-refractivity contribution in [2.45, 2.75) is 69.1 Å². The Morgan fingerprint density at radius 1 is 1.31 bits per heavy atom. The van der Waals surface area contributed by atoms with E-state index in [1.165, 1.54) is 12.7 Å².